The van der Waals surface area contributed by atoms with Gasteiger partial charge in [0, 0.05) is 6.42 Å². The lowest BCUT2D eigenvalue weighted by molar-refractivity contribution is -0.160. The molecule has 0 amide bonds. The Morgan fingerprint density at radius 3 is 2.50 bits per heavy atom. The van der Waals surface area contributed by atoms with Crippen molar-refractivity contribution in [2.24, 2.45) is 0 Å². The van der Waals surface area contributed by atoms with Gasteiger partial charge in [-0.15, -0.1) is 0 Å². The van der Waals surface area contributed by atoms with Gasteiger partial charge in [0.15, 0.2) is 5.60 Å². The summed E-state index contributed by atoms with van der Waals surface area (Å²) in [6, 6.07) is 9.33. The summed E-state index contributed by atoms with van der Waals surface area (Å²) in [4.78, 5) is 11.2. The fourth-order valence-corrected chi connectivity index (χ4v) is 1.29. The SMILES string of the molecule is COC(=O)[C@@](C)(O)Cc1ccccc1. The summed E-state index contributed by atoms with van der Waals surface area (Å²) in [6.45, 7) is 1.45. The summed E-state index contributed by atoms with van der Waals surface area (Å²) in [5, 5.41) is 9.76. The maximum absolute atomic E-state index is 11.2. The second-order valence-corrected chi connectivity index (χ2v) is 3.43. The van der Waals surface area contributed by atoms with Crippen LogP contribution in [0.15, 0.2) is 30.3 Å². The lowest BCUT2D eigenvalue weighted by Crippen LogP contribution is -2.38. The van der Waals surface area contributed by atoms with Crippen LogP contribution < -0.4 is 0 Å². The highest BCUT2D eigenvalue weighted by molar-refractivity contribution is 5.78. The molecule has 0 radical (unpaired) electrons. The van der Waals surface area contributed by atoms with E-state index < -0.39 is 11.6 Å². The highest BCUT2D eigenvalue weighted by Gasteiger charge is 2.31. The fourth-order valence-electron chi connectivity index (χ4n) is 1.29. The van der Waals surface area contributed by atoms with E-state index in [1.165, 1.54) is 14.0 Å². The van der Waals surface area contributed by atoms with E-state index >= 15 is 0 Å². The van der Waals surface area contributed by atoms with Gasteiger partial charge < -0.3 is 9.84 Å². The van der Waals surface area contributed by atoms with Gasteiger partial charge in [-0.25, -0.2) is 4.79 Å². The first kappa shape index (κ1) is 10.7. The maximum Gasteiger partial charge on any atom is 0.337 e. The van der Waals surface area contributed by atoms with Crippen molar-refractivity contribution >= 4 is 5.97 Å². The summed E-state index contributed by atoms with van der Waals surface area (Å²) in [5.41, 5.74) is -0.543. The molecular weight excluding hydrogens is 180 g/mol. The Morgan fingerprint density at radius 1 is 1.43 bits per heavy atom. The number of hydrogen-bond donors (Lipinski definition) is 1. The van der Waals surface area contributed by atoms with Crippen molar-refractivity contribution in [2.75, 3.05) is 7.11 Å². The molecule has 14 heavy (non-hydrogen) atoms. The third kappa shape index (κ3) is 2.57. The van der Waals surface area contributed by atoms with E-state index in [-0.39, 0.29) is 6.42 Å². The number of benzene rings is 1. The molecule has 0 saturated heterocycles. The molecular formula is C11H14O3. The molecule has 0 heterocycles. The first-order valence-electron chi connectivity index (χ1n) is 4.41. The molecule has 3 heteroatoms. The van der Waals surface area contributed by atoms with Gasteiger partial charge >= 0.3 is 5.97 Å². The Bertz CT molecular complexity index is 304. The third-order valence-corrected chi connectivity index (χ3v) is 2.02. The molecule has 76 valence electrons. The van der Waals surface area contributed by atoms with E-state index in [9.17, 15) is 9.90 Å². The molecule has 1 aromatic rings. The van der Waals surface area contributed by atoms with Crippen molar-refractivity contribution < 1.29 is 14.6 Å². The maximum atomic E-state index is 11.2. The van der Waals surface area contributed by atoms with E-state index in [0.717, 1.165) is 5.56 Å². The second-order valence-electron chi connectivity index (χ2n) is 3.43. The predicted molar refractivity (Wildman–Crippen MR) is 52.8 cm³/mol. The van der Waals surface area contributed by atoms with E-state index in [4.69, 9.17) is 0 Å². The minimum atomic E-state index is -1.45. The highest BCUT2D eigenvalue weighted by Crippen LogP contribution is 2.14. The van der Waals surface area contributed by atoms with Crippen LogP contribution in [0, 0.1) is 0 Å². The van der Waals surface area contributed by atoms with E-state index in [1.807, 2.05) is 30.3 Å². The highest BCUT2D eigenvalue weighted by atomic mass is 16.5. The first-order chi connectivity index (χ1) is 6.56. The largest absolute Gasteiger partial charge is 0.467 e. The van der Waals surface area contributed by atoms with Gasteiger partial charge in [-0.05, 0) is 12.5 Å². The normalized spacial score (nSPS) is 14.5. The number of methoxy groups -OCH3 is 1. The third-order valence-electron chi connectivity index (χ3n) is 2.02. The quantitative estimate of drug-likeness (QED) is 0.734. The molecule has 3 nitrogen and oxygen atoms in total. The van der Waals surface area contributed by atoms with Crippen LogP contribution in [0.4, 0.5) is 0 Å². The number of ether oxygens (including phenoxy) is 1. The lowest BCUT2D eigenvalue weighted by Gasteiger charge is -2.19. The second kappa shape index (κ2) is 4.24. The summed E-state index contributed by atoms with van der Waals surface area (Å²) >= 11 is 0. The van der Waals surface area contributed by atoms with E-state index in [0.29, 0.717) is 0 Å². The number of carbonyl (C=O) groups excluding carboxylic acids is 1. The van der Waals surface area contributed by atoms with Gasteiger partial charge in [0.25, 0.3) is 0 Å². The van der Waals surface area contributed by atoms with Gasteiger partial charge in [-0.1, -0.05) is 30.3 Å². The van der Waals surface area contributed by atoms with Gasteiger partial charge in [0.05, 0.1) is 7.11 Å². The number of hydrogen-bond acceptors (Lipinski definition) is 3. The van der Waals surface area contributed by atoms with Gasteiger partial charge in [0.2, 0.25) is 0 Å². The number of aliphatic hydroxyl groups is 1. The summed E-state index contributed by atoms with van der Waals surface area (Å²) in [5.74, 6) is -0.610. The lowest BCUT2D eigenvalue weighted by atomic mass is 9.97. The van der Waals surface area contributed by atoms with Crippen molar-refractivity contribution in [1.29, 1.82) is 0 Å². The molecule has 0 saturated carbocycles. The van der Waals surface area contributed by atoms with E-state index in [2.05, 4.69) is 4.74 Å². The zero-order valence-corrected chi connectivity index (χ0v) is 8.36. The summed E-state index contributed by atoms with van der Waals surface area (Å²) in [7, 11) is 1.27. The molecule has 0 fully saturated rings. The van der Waals surface area contributed by atoms with Gasteiger partial charge in [0.1, 0.15) is 0 Å². The minimum Gasteiger partial charge on any atom is -0.467 e. The van der Waals surface area contributed by atoms with E-state index in [1.54, 1.807) is 0 Å². The predicted octanol–water partition coefficient (Wildman–Crippen LogP) is 1.15. The molecule has 1 rings (SSSR count). The molecule has 1 N–H and O–H groups in total. The van der Waals surface area contributed by atoms with Crippen LogP contribution in [0.2, 0.25) is 0 Å². The smallest absolute Gasteiger partial charge is 0.337 e. The Kier molecular flexibility index (Phi) is 3.25. The summed E-state index contributed by atoms with van der Waals surface area (Å²) < 4.78 is 4.50. The number of esters is 1. The first-order valence-corrected chi connectivity index (χ1v) is 4.41. The Hall–Kier alpha value is -1.35. The van der Waals surface area contributed by atoms with Crippen LogP contribution in [0.25, 0.3) is 0 Å². The van der Waals surface area contributed by atoms with Gasteiger partial charge in [-0.2, -0.15) is 0 Å². The monoisotopic (exact) mass is 194 g/mol. The average molecular weight is 194 g/mol. The fraction of sp³-hybridized carbons (Fsp3) is 0.364. The van der Waals surface area contributed by atoms with Gasteiger partial charge in [-0.3, -0.25) is 0 Å². The zero-order valence-electron chi connectivity index (χ0n) is 8.36. The zero-order chi connectivity index (χ0) is 10.6. The molecule has 1 aromatic carbocycles. The van der Waals surface area contributed by atoms with Crippen LogP contribution in [0.1, 0.15) is 12.5 Å². The van der Waals surface area contributed by atoms with Crippen molar-refractivity contribution in [3.8, 4) is 0 Å². The minimum absolute atomic E-state index is 0.264. The molecule has 0 aliphatic rings. The van der Waals surface area contributed by atoms with Crippen LogP contribution in [0.5, 0.6) is 0 Å². The molecule has 0 aliphatic heterocycles. The molecule has 0 aliphatic carbocycles. The van der Waals surface area contributed by atoms with Crippen molar-refractivity contribution in [3.05, 3.63) is 35.9 Å². The van der Waals surface area contributed by atoms with Crippen LogP contribution in [0.3, 0.4) is 0 Å². The molecule has 0 bridgehead atoms. The standard InChI is InChI=1S/C11H14O3/c1-11(13,10(12)14-2)8-9-6-4-3-5-7-9/h3-7,13H,8H2,1-2H3/t11-/m0/s1. The van der Waals surface area contributed by atoms with Crippen molar-refractivity contribution in [1.82, 2.24) is 0 Å². The molecule has 0 spiro atoms. The van der Waals surface area contributed by atoms with Crippen molar-refractivity contribution in [2.45, 2.75) is 18.9 Å². The van der Waals surface area contributed by atoms with Crippen LogP contribution in [-0.4, -0.2) is 23.8 Å². The topological polar surface area (TPSA) is 46.5 Å². The molecule has 1 atom stereocenters. The molecule has 0 unspecified atom stereocenters. The number of carbonyl (C=O) groups is 1. The molecule has 0 aromatic heterocycles. The Labute approximate surface area is 83.3 Å². The van der Waals surface area contributed by atoms with Crippen molar-refractivity contribution in [3.63, 3.8) is 0 Å². The average Bonchev–Trinajstić information content (AvgIpc) is 2.17. The number of rotatable bonds is 3. The Morgan fingerprint density at radius 2 is 2.00 bits per heavy atom. The summed E-state index contributed by atoms with van der Waals surface area (Å²) in [6.07, 6.45) is 0.264. The van der Waals surface area contributed by atoms with Crippen LogP contribution in [-0.2, 0) is 16.0 Å². The van der Waals surface area contributed by atoms with Crippen LogP contribution >= 0.6 is 0 Å². The Balaban J connectivity index is 2.73.